The highest BCUT2D eigenvalue weighted by atomic mass is 32.1. The number of aryl methyl sites for hydroxylation is 1. The lowest BCUT2D eigenvalue weighted by atomic mass is 10.0. The van der Waals surface area contributed by atoms with Crippen LogP contribution in [0.3, 0.4) is 0 Å². The molecule has 1 amide bonds. The number of amides is 1. The minimum absolute atomic E-state index is 0.0507. The van der Waals surface area contributed by atoms with Crippen LogP contribution in [0.4, 0.5) is 0 Å². The van der Waals surface area contributed by atoms with Crippen molar-refractivity contribution in [2.45, 2.75) is 32.7 Å². The van der Waals surface area contributed by atoms with Crippen molar-refractivity contribution in [2.24, 2.45) is 11.8 Å². The largest absolute Gasteiger partial charge is 0.481 e. The number of carboxylic acids is 1. The van der Waals surface area contributed by atoms with E-state index in [9.17, 15) is 9.59 Å². The Labute approximate surface area is 116 Å². The van der Waals surface area contributed by atoms with E-state index in [4.69, 9.17) is 5.11 Å². The number of hydrogen-bond acceptors (Lipinski definition) is 4. The first-order valence-corrected chi connectivity index (χ1v) is 7.18. The molecule has 2 atom stereocenters. The third-order valence-corrected chi connectivity index (χ3v) is 4.47. The molecule has 1 saturated carbocycles. The number of nitrogens with zero attached hydrogens (tertiary/aromatic N) is 2. The maximum atomic E-state index is 12.2. The predicted octanol–water partition coefficient (Wildman–Crippen LogP) is 1.91. The quantitative estimate of drug-likeness (QED) is 0.915. The van der Waals surface area contributed by atoms with E-state index in [1.807, 2.05) is 6.92 Å². The van der Waals surface area contributed by atoms with E-state index in [-0.39, 0.29) is 17.7 Å². The molecule has 0 aromatic carbocycles. The molecule has 0 aliphatic heterocycles. The molecule has 0 radical (unpaired) electrons. The Morgan fingerprint density at radius 2 is 2.16 bits per heavy atom. The highest BCUT2D eigenvalue weighted by molar-refractivity contribution is 7.11. The fourth-order valence-corrected chi connectivity index (χ4v) is 3.38. The first-order valence-electron chi connectivity index (χ1n) is 6.36. The van der Waals surface area contributed by atoms with Crippen LogP contribution in [0, 0.1) is 18.8 Å². The van der Waals surface area contributed by atoms with Crippen LogP contribution in [-0.2, 0) is 16.1 Å². The molecule has 1 aromatic rings. The lowest BCUT2D eigenvalue weighted by molar-refractivity contribution is -0.141. The van der Waals surface area contributed by atoms with Crippen molar-refractivity contribution in [2.75, 3.05) is 7.05 Å². The molecular weight excluding hydrogens is 264 g/mol. The molecule has 0 spiro atoms. The normalized spacial score (nSPS) is 22.4. The van der Waals surface area contributed by atoms with E-state index in [0.29, 0.717) is 25.8 Å². The van der Waals surface area contributed by atoms with Crippen LogP contribution in [-0.4, -0.2) is 33.9 Å². The van der Waals surface area contributed by atoms with Gasteiger partial charge in [0.25, 0.3) is 0 Å². The van der Waals surface area contributed by atoms with Gasteiger partial charge in [-0.2, -0.15) is 0 Å². The van der Waals surface area contributed by atoms with E-state index >= 15 is 0 Å². The first-order chi connectivity index (χ1) is 8.97. The minimum Gasteiger partial charge on any atom is -0.481 e. The van der Waals surface area contributed by atoms with Crippen LogP contribution in [0.1, 0.15) is 29.1 Å². The molecule has 1 N–H and O–H groups in total. The van der Waals surface area contributed by atoms with Crippen LogP contribution in [0.2, 0.25) is 0 Å². The van der Waals surface area contributed by atoms with Crippen molar-refractivity contribution in [1.29, 1.82) is 0 Å². The van der Waals surface area contributed by atoms with Crippen molar-refractivity contribution in [3.05, 3.63) is 16.1 Å². The SMILES string of the molecule is Cc1ncc(CN(C)C(=O)C2CCC(C(=O)O)C2)s1. The van der Waals surface area contributed by atoms with Crippen molar-refractivity contribution >= 4 is 23.2 Å². The van der Waals surface area contributed by atoms with Gasteiger partial charge >= 0.3 is 5.97 Å². The molecule has 2 rings (SSSR count). The fourth-order valence-electron chi connectivity index (χ4n) is 2.53. The zero-order chi connectivity index (χ0) is 14.0. The lowest BCUT2D eigenvalue weighted by Crippen LogP contribution is -2.31. The third-order valence-electron chi connectivity index (χ3n) is 3.57. The Morgan fingerprint density at radius 1 is 1.47 bits per heavy atom. The maximum absolute atomic E-state index is 12.2. The number of aliphatic carboxylic acids is 1. The van der Waals surface area contributed by atoms with Gasteiger partial charge in [0.05, 0.1) is 17.5 Å². The molecule has 1 aliphatic rings. The number of hydrogen-bond donors (Lipinski definition) is 1. The molecule has 0 saturated heterocycles. The second-order valence-electron chi connectivity index (χ2n) is 5.09. The average molecular weight is 282 g/mol. The fraction of sp³-hybridized carbons (Fsp3) is 0.615. The summed E-state index contributed by atoms with van der Waals surface area (Å²) in [6, 6.07) is 0. The van der Waals surface area contributed by atoms with Gasteiger partial charge < -0.3 is 10.0 Å². The van der Waals surface area contributed by atoms with Crippen molar-refractivity contribution in [1.82, 2.24) is 9.88 Å². The van der Waals surface area contributed by atoms with Gasteiger partial charge in [-0.3, -0.25) is 9.59 Å². The zero-order valence-corrected chi connectivity index (χ0v) is 11.9. The topological polar surface area (TPSA) is 70.5 Å². The van der Waals surface area contributed by atoms with Crippen molar-refractivity contribution in [3.63, 3.8) is 0 Å². The number of carbonyl (C=O) groups is 2. The molecule has 1 aromatic heterocycles. The summed E-state index contributed by atoms with van der Waals surface area (Å²) in [5.74, 6) is -1.22. The Morgan fingerprint density at radius 3 is 2.68 bits per heavy atom. The van der Waals surface area contributed by atoms with Crippen molar-refractivity contribution in [3.8, 4) is 0 Å². The maximum Gasteiger partial charge on any atom is 0.306 e. The van der Waals surface area contributed by atoms with Gasteiger partial charge in [-0.1, -0.05) is 0 Å². The summed E-state index contributed by atoms with van der Waals surface area (Å²) in [5, 5.41) is 9.95. The van der Waals surface area contributed by atoms with Gasteiger partial charge in [0, 0.05) is 24.0 Å². The molecule has 1 fully saturated rings. The molecule has 0 bridgehead atoms. The highest BCUT2D eigenvalue weighted by Crippen LogP contribution is 2.32. The van der Waals surface area contributed by atoms with Crippen LogP contribution in [0.5, 0.6) is 0 Å². The summed E-state index contributed by atoms with van der Waals surface area (Å²) in [6.07, 6.45) is 3.56. The molecular formula is C13H18N2O3S. The molecule has 104 valence electrons. The monoisotopic (exact) mass is 282 g/mol. The van der Waals surface area contributed by atoms with E-state index < -0.39 is 5.97 Å². The molecule has 19 heavy (non-hydrogen) atoms. The Hall–Kier alpha value is -1.43. The van der Waals surface area contributed by atoms with Gasteiger partial charge in [-0.15, -0.1) is 11.3 Å². The Balaban J connectivity index is 1.91. The van der Waals surface area contributed by atoms with E-state index in [2.05, 4.69) is 4.98 Å². The Bertz CT molecular complexity index is 486. The standard InChI is InChI=1S/C13H18N2O3S/c1-8-14-6-11(19-8)7-15(2)12(16)9-3-4-10(5-9)13(17)18/h6,9-10H,3-5,7H2,1-2H3,(H,17,18). The van der Waals surface area contributed by atoms with Crippen LogP contribution in [0.25, 0.3) is 0 Å². The summed E-state index contributed by atoms with van der Waals surface area (Å²) >= 11 is 1.58. The number of aromatic nitrogens is 1. The van der Waals surface area contributed by atoms with Crippen molar-refractivity contribution < 1.29 is 14.7 Å². The minimum atomic E-state index is -0.781. The summed E-state index contributed by atoms with van der Waals surface area (Å²) in [7, 11) is 1.77. The van der Waals surface area contributed by atoms with Crippen LogP contribution in [0.15, 0.2) is 6.20 Å². The summed E-state index contributed by atoms with van der Waals surface area (Å²) in [4.78, 5) is 30.0. The smallest absolute Gasteiger partial charge is 0.306 e. The summed E-state index contributed by atoms with van der Waals surface area (Å²) < 4.78 is 0. The van der Waals surface area contributed by atoms with E-state index in [1.165, 1.54) is 0 Å². The Kier molecular flexibility index (Phi) is 4.19. The summed E-state index contributed by atoms with van der Waals surface area (Å²) in [6.45, 7) is 2.49. The van der Waals surface area contributed by atoms with Gasteiger partial charge in [0.15, 0.2) is 0 Å². The zero-order valence-electron chi connectivity index (χ0n) is 11.1. The number of thiazole rings is 1. The second kappa shape index (κ2) is 5.69. The molecule has 5 nitrogen and oxygen atoms in total. The highest BCUT2D eigenvalue weighted by Gasteiger charge is 2.35. The first kappa shape index (κ1) is 14.0. The van der Waals surface area contributed by atoms with E-state index in [0.717, 1.165) is 9.88 Å². The molecule has 2 unspecified atom stereocenters. The van der Waals surface area contributed by atoms with Gasteiger partial charge in [0.1, 0.15) is 0 Å². The molecule has 1 heterocycles. The molecule has 1 aliphatic carbocycles. The second-order valence-corrected chi connectivity index (χ2v) is 6.40. The van der Waals surface area contributed by atoms with E-state index in [1.54, 1.807) is 29.5 Å². The average Bonchev–Trinajstić information content (AvgIpc) is 2.97. The molecule has 6 heteroatoms. The number of carboxylic acid groups (broad SMARTS) is 1. The lowest BCUT2D eigenvalue weighted by Gasteiger charge is -2.20. The van der Waals surface area contributed by atoms with Crippen LogP contribution < -0.4 is 0 Å². The van der Waals surface area contributed by atoms with Gasteiger partial charge in [0.2, 0.25) is 5.91 Å². The number of rotatable bonds is 4. The summed E-state index contributed by atoms with van der Waals surface area (Å²) in [5.41, 5.74) is 0. The third kappa shape index (κ3) is 3.32. The number of carbonyl (C=O) groups excluding carboxylic acids is 1. The van der Waals surface area contributed by atoms with Crippen LogP contribution >= 0.6 is 11.3 Å². The van der Waals surface area contributed by atoms with Gasteiger partial charge in [-0.25, -0.2) is 4.98 Å². The predicted molar refractivity (Wildman–Crippen MR) is 71.8 cm³/mol. The van der Waals surface area contributed by atoms with Gasteiger partial charge in [-0.05, 0) is 26.2 Å².